The molecule has 6 heteroatoms. The molecule has 0 bridgehead atoms. The minimum absolute atomic E-state index is 0.258. The summed E-state index contributed by atoms with van der Waals surface area (Å²) in [6.45, 7) is 3.28. The predicted molar refractivity (Wildman–Crippen MR) is 59.2 cm³/mol. The monoisotopic (exact) mass is 222 g/mol. The van der Waals surface area contributed by atoms with Crippen molar-refractivity contribution in [1.82, 2.24) is 0 Å². The predicted octanol–water partition coefficient (Wildman–Crippen LogP) is -0.0285. The van der Waals surface area contributed by atoms with Gasteiger partial charge in [-0.25, -0.2) is 4.79 Å². The van der Waals surface area contributed by atoms with Gasteiger partial charge in [0.25, 0.3) is 0 Å². The van der Waals surface area contributed by atoms with E-state index in [-0.39, 0.29) is 8.43 Å². The molecular formula is C9H8BO4P. The van der Waals surface area contributed by atoms with Gasteiger partial charge in [0.05, 0.1) is 5.56 Å². The van der Waals surface area contributed by atoms with Gasteiger partial charge in [-0.1, -0.05) is 17.6 Å². The zero-order valence-corrected chi connectivity index (χ0v) is 8.65. The van der Waals surface area contributed by atoms with Crippen LogP contribution in [-0.2, 0) is 4.52 Å². The van der Waals surface area contributed by atoms with Gasteiger partial charge in [-0.2, -0.15) is 0 Å². The number of hydrogen-bond acceptors (Lipinski definition) is 4. The summed E-state index contributed by atoms with van der Waals surface area (Å²) in [6, 6.07) is 5.79. The van der Waals surface area contributed by atoms with Crippen LogP contribution in [0.15, 0.2) is 30.8 Å². The molecule has 0 fully saturated rings. The Bertz CT molecular complexity index is 395. The van der Waals surface area contributed by atoms with Crippen LogP contribution < -0.4 is 5.46 Å². The Morgan fingerprint density at radius 3 is 2.47 bits per heavy atom. The fraction of sp³-hybridized carbons (Fsp3) is 0. The first kappa shape index (κ1) is 11.7. The number of carbonyl (C=O) groups excluding carboxylic acids is 1. The van der Waals surface area contributed by atoms with Gasteiger partial charge < -0.3 is 14.6 Å². The Morgan fingerprint density at radius 2 is 2.00 bits per heavy atom. The topological polar surface area (TPSA) is 66.8 Å². The van der Waals surface area contributed by atoms with E-state index in [1.54, 1.807) is 0 Å². The first-order valence-electron chi connectivity index (χ1n) is 4.04. The molecule has 0 amide bonds. The van der Waals surface area contributed by atoms with Crippen LogP contribution in [-0.4, -0.2) is 28.6 Å². The van der Waals surface area contributed by atoms with Crippen LogP contribution in [0.4, 0.5) is 0 Å². The van der Waals surface area contributed by atoms with Crippen molar-refractivity contribution in [3.63, 3.8) is 0 Å². The van der Waals surface area contributed by atoms with Gasteiger partial charge in [-0.3, -0.25) is 0 Å². The van der Waals surface area contributed by atoms with Crippen LogP contribution in [0.5, 0.6) is 0 Å². The zero-order chi connectivity index (χ0) is 11.3. The molecule has 0 heterocycles. The third-order valence-corrected chi connectivity index (χ3v) is 2.02. The molecule has 0 aliphatic rings. The number of hydrogen-bond donors (Lipinski definition) is 2. The highest BCUT2D eigenvalue weighted by Gasteiger charge is 2.12. The molecule has 76 valence electrons. The Hall–Kier alpha value is -1.38. The van der Waals surface area contributed by atoms with E-state index in [0.717, 1.165) is 0 Å². The minimum Gasteiger partial charge on any atom is -0.423 e. The molecule has 0 unspecified atom stereocenters. The molecule has 2 N–H and O–H groups in total. The maximum Gasteiger partial charge on any atom is 0.488 e. The van der Waals surface area contributed by atoms with E-state index in [1.165, 1.54) is 24.3 Å². The van der Waals surface area contributed by atoms with Crippen LogP contribution in [0.3, 0.4) is 0 Å². The van der Waals surface area contributed by atoms with Crippen LogP contribution in [0.2, 0.25) is 0 Å². The fourth-order valence-electron chi connectivity index (χ4n) is 0.918. The standard InChI is InChI=1S/C9H8BO4P/c1-2-15-14-9(11)7-3-5-8(6-4-7)10(12)13/h3-6,12-13H,1H2. The third-order valence-electron chi connectivity index (χ3n) is 1.64. The lowest BCUT2D eigenvalue weighted by atomic mass is 9.80. The molecule has 4 nitrogen and oxygen atoms in total. The molecule has 15 heavy (non-hydrogen) atoms. The van der Waals surface area contributed by atoms with Crippen molar-refractivity contribution in [2.45, 2.75) is 0 Å². The fourth-order valence-corrected chi connectivity index (χ4v) is 1.17. The summed E-state index contributed by atoms with van der Waals surface area (Å²) in [5.74, 6) is -0.508. The second-order valence-electron chi connectivity index (χ2n) is 2.62. The molecule has 0 atom stereocenters. The summed E-state index contributed by atoms with van der Waals surface area (Å²) in [5.41, 5.74) is 3.05. The van der Waals surface area contributed by atoms with Crippen molar-refractivity contribution >= 4 is 32.4 Å². The SMILES string of the molecule is C=C=POC(=O)c1ccc(B(O)O)cc1. The maximum absolute atomic E-state index is 11.3. The molecule has 0 radical (unpaired) electrons. The summed E-state index contributed by atoms with van der Waals surface area (Å²) in [4.78, 5) is 11.3. The smallest absolute Gasteiger partial charge is 0.423 e. The summed E-state index contributed by atoms with van der Waals surface area (Å²) < 4.78 is 4.71. The molecule has 0 saturated heterocycles. The molecule has 0 spiro atoms. The highest BCUT2D eigenvalue weighted by atomic mass is 31.1. The van der Waals surface area contributed by atoms with Crippen LogP contribution in [0.25, 0.3) is 0 Å². The Morgan fingerprint density at radius 1 is 1.40 bits per heavy atom. The third kappa shape index (κ3) is 3.35. The molecule has 0 aliphatic carbocycles. The van der Waals surface area contributed by atoms with E-state index in [9.17, 15) is 4.79 Å². The number of rotatable bonds is 3. The van der Waals surface area contributed by atoms with Gasteiger partial charge in [0.1, 0.15) is 0 Å². The van der Waals surface area contributed by atoms with Crippen molar-refractivity contribution in [1.29, 1.82) is 0 Å². The van der Waals surface area contributed by atoms with Gasteiger partial charge >= 0.3 is 13.1 Å². The van der Waals surface area contributed by atoms with Crippen molar-refractivity contribution in [3.8, 4) is 0 Å². The minimum atomic E-state index is -1.53. The van der Waals surface area contributed by atoms with Gasteiger partial charge in [0, 0.05) is 0 Å². The largest absolute Gasteiger partial charge is 0.488 e. The summed E-state index contributed by atoms with van der Waals surface area (Å²) in [7, 11) is -1.27. The van der Waals surface area contributed by atoms with Gasteiger partial charge in [-0.05, 0) is 24.2 Å². The van der Waals surface area contributed by atoms with Crippen molar-refractivity contribution in [2.75, 3.05) is 0 Å². The van der Waals surface area contributed by atoms with Crippen LogP contribution >= 0.6 is 8.43 Å². The lowest BCUT2D eigenvalue weighted by Gasteiger charge is -2.00. The number of benzene rings is 1. The lowest BCUT2D eigenvalue weighted by Crippen LogP contribution is -2.29. The quantitative estimate of drug-likeness (QED) is 0.556. The molecular weight excluding hydrogens is 214 g/mol. The van der Waals surface area contributed by atoms with E-state index >= 15 is 0 Å². The maximum atomic E-state index is 11.3. The van der Waals surface area contributed by atoms with Crippen molar-refractivity contribution in [3.05, 3.63) is 36.4 Å². The Balaban J connectivity index is 2.79. The van der Waals surface area contributed by atoms with E-state index in [2.05, 4.69) is 12.0 Å². The van der Waals surface area contributed by atoms with E-state index in [1.807, 2.05) is 0 Å². The second kappa shape index (κ2) is 5.49. The van der Waals surface area contributed by atoms with Gasteiger partial charge in [0.15, 0.2) is 8.43 Å². The number of carbonyl (C=O) groups is 1. The Labute approximate surface area is 88.9 Å². The second-order valence-corrected chi connectivity index (χ2v) is 3.31. The first-order chi connectivity index (χ1) is 7.15. The molecule has 1 aromatic rings. The van der Waals surface area contributed by atoms with Crippen molar-refractivity contribution in [2.24, 2.45) is 0 Å². The molecule has 1 rings (SSSR count). The zero-order valence-electron chi connectivity index (χ0n) is 7.75. The average Bonchev–Trinajstić information content (AvgIpc) is 2.26. The van der Waals surface area contributed by atoms with Gasteiger partial charge in [-0.15, -0.1) is 0 Å². The molecule has 0 aromatic heterocycles. The van der Waals surface area contributed by atoms with Gasteiger partial charge in [0.2, 0.25) is 0 Å². The summed E-state index contributed by atoms with van der Waals surface area (Å²) in [6.07, 6.45) is 0. The summed E-state index contributed by atoms with van der Waals surface area (Å²) in [5, 5.41) is 17.6. The molecule has 0 saturated carbocycles. The van der Waals surface area contributed by atoms with Crippen molar-refractivity contribution < 1.29 is 19.4 Å². The Kier molecular flexibility index (Phi) is 4.28. The lowest BCUT2D eigenvalue weighted by molar-refractivity contribution is 0.0764. The first-order valence-corrected chi connectivity index (χ1v) is 4.86. The normalized spacial score (nSPS) is 9.47. The van der Waals surface area contributed by atoms with Crippen LogP contribution in [0, 0.1) is 0 Å². The van der Waals surface area contributed by atoms with Crippen LogP contribution in [0.1, 0.15) is 10.4 Å². The highest BCUT2D eigenvalue weighted by Crippen LogP contribution is 2.05. The molecule has 0 aliphatic heterocycles. The highest BCUT2D eigenvalue weighted by molar-refractivity contribution is 7.32. The van der Waals surface area contributed by atoms with E-state index < -0.39 is 13.1 Å². The van der Waals surface area contributed by atoms with E-state index in [4.69, 9.17) is 14.6 Å². The van der Waals surface area contributed by atoms with E-state index in [0.29, 0.717) is 11.0 Å². The average molecular weight is 222 g/mol. The molecule has 1 aromatic carbocycles. The summed E-state index contributed by atoms with van der Waals surface area (Å²) >= 11 is 0.